The van der Waals surface area contributed by atoms with Crippen LogP contribution in [0.5, 0.6) is 5.75 Å². The normalized spacial score (nSPS) is 11.5. The van der Waals surface area contributed by atoms with E-state index in [2.05, 4.69) is 0 Å². The van der Waals surface area contributed by atoms with Gasteiger partial charge in [-0.25, -0.2) is 4.79 Å². The SMILES string of the molecule is Cc1ccc(C#N)cc1O[C@H](C)C(=O)O. The van der Waals surface area contributed by atoms with E-state index in [0.29, 0.717) is 11.3 Å². The molecule has 0 fully saturated rings. The minimum absolute atomic E-state index is 0.434. The molecule has 0 aliphatic rings. The molecule has 0 radical (unpaired) electrons. The topological polar surface area (TPSA) is 70.3 Å². The highest BCUT2D eigenvalue weighted by atomic mass is 16.5. The van der Waals surface area contributed by atoms with Crippen LogP contribution in [0.1, 0.15) is 18.1 Å². The lowest BCUT2D eigenvalue weighted by Crippen LogP contribution is -2.23. The zero-order valence-electron chi connectivity index (χ0n) is 8.52. The first-order valence-electron chi connectivity index (χ1n) is 4.45. The van der Waals surface area contributed by atoms with E-state index in [9.17, 15) is 4.79 Å². The molecule has 78 valence electrons. The van der Waals surface area contributed by atoms with Crippen LogP contribution in [0.15, 0.2) is 18.2 Å². The number of benzene rings is 1. The fraction of sp³-hybridized carbons (Fsp3) is 0.273. The summed E-state index contributed by atoms with van der Waals surface area (Å²) in [7, 11) is 0. The van der Waals surface area contributed by atoms with Gasteiger partial charge in [-0.2, -0.15) is 5.26 Å². The van der Waals surface area contributed by atoms with E-state index in [1.54, 1.807) is 19.1 Å². The lowest BCUT2D eigenvalue weighted by molar-refractivity contribution is -0.144. The minimum atomic E-state index is -1.03. The van der Waals surface area contributed by atoms with Gasteiger partial charge in [0.25, 0.3) is 0 Å². The van der Waals surface area contributed by atoms with E-state index in [4.69, 9.17) is 15.1 Å². The van der Waals surface area contributed by atoms with E-state index in [-0.39, 0.29) is 0 Å². The summed E-state index contributed by atoms with van der Waals surface area (Å²) in [5.74, 6) is -0.597. The number of aliphatic carboxylic acids is 1. The van der Waals surface area contributed by atoms with E-state index < -0.39 is 12.1 Å². The average molecular weight is 205 g/mol. The minimum Gasteiger partial charge on any atom is -0.479 e. The molecule has 0 spiro atoms. The van der Waals surface area contributed by atoms with E-state index in [0.717, 1.165) is 5.56 Å². The summed E-state index contributed by atoms with van der Waals surface area (Å²) < 4.78 is 5.20. The molecule has 0 unspecified atom stereocenters. The average Bonchev–Trinajstić information content (AvgIpc) is 2.21. The molecule has 1 rings (SSSR count). The predicted octanol–water partition coefficient (Wildman–Crippen LogP) is 1.72. The van der Waals surface area contributed by atoms with Crippen molar-refractivity contribution in [3.05, 3.63) is 29.3 Å². The Balaban J connectivity index is 2.94. The fourth-order valence-corrected chi connectivity index (χ4v) is 1.04. The molecule has 0 saturated heterocycles. The van der Waals surface area contributed by atoms with E-state index in [1.165, 1.54) is 13.0 Å². The summed E-state index contributed by atoms with van der Waals surface area (Å²) in [5.41, 5.74) is 1.26. The standard InChI is InChI=1S/C11H11NO3/c1-7-3-4-9(6-12)5-10(7)15-8(2)11(13)14/h3-5,8H,1-2H3,(H,13,14)/t8-/m1/s1. The number of aryl methyl sites for hydroxylation is 1. The highest BCUT2D eigenvalue weighted by Crippen LogP contribution is 2.20. The largest absolute Gasteiger partial charge is 0.479 e. The summed E-state index contributed by atoms with van der Waals surface area (Å²) in [5, 5.41) is 17.3. The number of carboxylic acids is 1. The molecule has 0 bridgehead atoms. The van der Waals surface area contributed by atoms with Crippen molar-refractivity contribution >= 4 is 5.97 Å². The molecule has 0 aliphatic heterocycles. The molecule has 1 atom stereocenters. The van der Waals surface area contributed by atoms with Gasteiger partial charge in [-0.3, -0.25) is 0 Å². The van der Waals surface area contributed by atoms with Crippen molar-refractivity contribution in [3.8, 4) is 11.8 Å². The molecular weight excluding hydrogens is 194 g/mol. The van der Waals surface area contributed by atoms with Crippen LogP contribution in [-0.4, -0.2) is 17.2 Å². The Kier molecular flexibility index (Phi) is 3.29. The molecule has 1 aromatic rings. The maximum Gasteiger partial charge on any atom is 0.344 e. The fourth-order valence-electron chi connectivity index (χ4n) is 1.04. The highest BCUT2D eigenvalue weighted by Gasteiger charge is 2.13. The van der Waals surface area contributed by atoms with Crippen LogP contribution < -0.4 is 4.74 Å². The quantitative estimate of drug-likeness (QED) is 0.815. The Morgan fingerprint density at radius 3 is 2.80 bits per heavy atom. The van der Waals surface area contributed by atoms with Crippen LogP contribution in [0.25, 0.3) is 0 Å². The van der Waals surface area contributed by atoms with Gasteiger partial charge in [-0.1, -0.05) is 6.07 Å². The Hall–Kier alpha value is -2.02. The molecule has 4 heteroatoms. The number of rotatable bonds is 3. The van der Waals surface area contributed by atoms with Gasteiger partial charge < -0.3 is 9.84 Å². The van der Waals surface area contributed by atoms with Gasteiger partial charge in [0, 0.05) is 0 Å². The molecule has 0 saturated carbocycles. The predicted molar refractivity (Wildman–Crippen MR) is 53.6 cm³/mol. The van der Waals surface area contributed by atoms with Crippen LogP contribution in [0, 0.1) is 18.3 Å². The third kappa shape index (κ3) is 2.71. The number of nitrogens with zero attached hydrogens (tertiary/aromatic N) is 1. The number of ether oxygens (including phenoxy) is 1. The van der Waals surface area contributed by atoms with Crippen LogP contribution in [-0.2, 0) is 4.79 Å². The maximum atomic E-state index is 10.6. The van der Waals surface area contributed by atoms with Crippen molar-refractivity contribution in [1.82, 2.24) is 0 Å². The molecule has 1 aromatic carbocycles. The van der Waals surface area contributed by atoms with Crippen LogP contribution in [0.4, 0.5) is 0 Å². The zero-order valence-corrected chi connectivity index (χ0v) is 8.52. The third-order valence-electron chi connectivity index (χ3n) is 1.97. The molecule has 0 aromatic heterocycles. The van der Waals surface area contributed by atoms with Crippen LogP contribution in [0.3, 0.4) is 0 Å². The first-order chi connectivity index (χ1) is 7.04. The Morgan fingerprint density at radius 2 is 2.27 bits per heavy atom. The number of carboxylic acid groups (broad SMARTS) is 1. The summed E-state index contributed by atoms with van der Waals surface area (Å²) in [4.78, 5) is 10.6. The van der Waals surface area contributed by atoms with Crippen molar-refractivity contribution in [2.45, 2.75) is 20.0 Å². The number of carbonyl (C=O) groups is 1. The maximum absolute atomic E-state index is 10.6. The third-order valence-corrected chi connectivity index (χ3v) is 1.97. The monoisotopic (exact) mass is 205 g/mol. The second kappa shape index (κ2) is 4.47. The molecule has 1 N–H and O–H groups in total. The Bertz CT molecular complexity index is 420. The molecule has 0 heterocycles. The van der Waals surface area contributed by atoms with Crippen molar-refractivity contribution in [3.63, 3.8) is 0 Å². The van der Waals surface area contributed by atoms with Gasteiger partial charge in [-0.05, 0) is 31.5 Å². The molecular formula is C11H11NO3. The summed E-state index contributed by atoms with van der Waals surface area (Å²) in [6, 6.07) is 6.89. The molecule has 15 heavy (non-hydrogen) atoms. The van der Waals surface area contributed by atoms with Gasteiger partial charge in [0.1, 0.15) is 5.75 Å². The lowest BCUT2D eigenvalue weighted by atomic mass is 10.1. The van der Waals surface area contributed by atoms with Crippen LogP contribution >= 0.6 is 0 Å². The van der Waals surface area contributed by atoms with E-state index in [1.807, 2.05) is 6.07 Å². The van der Waals surface area contributed by atoms with E-state index >= 15 is 0 Å². The van der Waals surface area contributed by atoms with Gasteiger partial charge in [0.05, 0.1) is 11.6 Å². The van der Waals surface area contributed by atoms with Gasteiger partial charge >= 0.3 is 5.97 Å². The zero-order chi connectivity index (χ0) is 11.4. The second-order valence-corrected chi connectivity index (χ2v) is 3.19. The van der Waals surface area contributed by atoms with Crippen molar-refractivity contribution in [2.75, 3.05) is 0 Å². The molecule has 0 aliphatic carbocycles. The van der Waals surface area contributed by atoms with Crippen molar-refractivity contribution in [1.29, 1.82) is 5.26 Å². The summed E-state index contributed by atoms with van der Waals surface area (Å²) in [6.07, 6.45) is -0.919. The Morgan fingerprint density at radius 1 is 1.60 bits per heavy atom. The molecule has 4 nitrogen and oxygen atoms in total. The summed E-state index contributed by atoms with van der Waals surface area (Å²) >= 11 is 0. The molecule has 0 amide bonds. The number of hydrogen-bond acceptors (Lipinski definition) is 3. The van der Waals surface area contributed by atoms with Gasteiger partial charge in [0.15, 0.2) is 6.10 Å². The van der Waals surface area contributed by atoms with Gasteiger partial charge in [-0.15, -0.1) is 0 Å². The van der Waals surface area contributed by atoms with Gasteiger partial charge in [0.2, 0.25) is 0 Å². The number of hydrogen-bond donors (Lipinski definition) is 1. The second-order valence-electron chi connectivity index (χ2n) is 3.19. The smallest absolute Gasteiger partial charge is 0.344 e. The van der Waals surface area contributed by atoms with Crippen molar-refractivity contribution in [2.24, 2.45) is 0 Å². The van der Waals surface area contributed by atoms with Crippen molar-refractivity contribution < 1.29 is 14.6 Å². The lowest BCUT2D eigenvalue weighted by Gasteiger charge is -2.12. The Labute approximate surface area is 87.7 Å². The first kappa shape index (κ1) is 11.1. The highest BCUT2D eigenvalue weighted by molar-refractivity contribution is 5.72. The first-order valence-corrected chi connectivity index (χ1v) is 4.45. The number of nitriles is 1. The summed E-state index contributed by atoms with van der Waals surface area (Å²) in [6.45, 7) is 3.24. The van der Waals surface area contributed by atoms with Crippen LogP contribution in [0.2, 0.25) is 0 Å².